The Hall–Kier alpha value is -0.910. The van der Waals surface area contributed by atoms with Crippen LogP contribution in [0, 0.1) is 18.3 Å². The van der Waals surface area contributed by atoms with Gasteiger partial charge in [0.1, 0.15) is 0 Å². The summed E-state index contributed by atoms with van der Waals surface area (Å²) in [6.45, 7) is 7.00. The largest absolute Gasteiger partial charge is 0.326 e. The van der Waals surface area contributed by atoms with Gasteiger partial charge >= 0.3 is 0 Å². The number of nitrogens with one attached hydrogen (secondary N) is 1. The molecule has 0 heterocycles. The molecule has 3 N–H and O–H groups in total. The minimum atomic E-state index is -3.46. The van der Waals surface area contributed by atoms with E-state index < -0.39 is 10.0 Å². The number of sulfonamides is 1. The Kier molecular flexibility index (Phi) is 4.23. The molecule has 5 heteroatoms. The maximum absolute atomic E-state index is 12.5. The van der Waals surface area contributed by atoms with Gasteiger partial charge < -0.3 is 5.73 Å². The molecule has 112 valence electrons. The third kappa shape index (κ3) is 2.90. The quantitative estimate of drug-likeness (QED) is 0.845. The van der Waals surface area contributed by atoms with Gasteiger partial charge in [0.25, 0.3) is 0 Å². The molecule has 1 aromatic rings. The van der Waals surface area contributed by atoms with Crippen LogP contribution < -0.4 is 10.5 Å². The maximum Gasteiger partial charge on any atom is 0.240 e. The molecular formula is C15H24N2O2S. The average Bonchev–Trinajstić information content (AvgIpc) is 3.18. The van der Waals surface area contributed by atoms with E-state index in [1.165, 1.54) is 0 Å². The Bertz CT molecular complexity index is 590. The summed E-state index contributed by atoms with van der Waals surface area (Å²) in [7, 11) is -3.46. The molecule has 4 nitrogen and oxygen atoms in total. The Morgan fingerprint density at radius 3 is 2.50 bits per heavy atom. The normalized spacial score (nSPS) is 17.4. The first-order valence-electron chi connectivity index (χ1n) is 7.10. The molecule has 0 aromatic heterocycles. The fourth-order valence-electron chi connectivity index (χ4n) is 2.61. The monoisotopic (exact) mass is 296 g/mol. The molecule has 0 radical (unpaired) electrons. The van der Waals surface area contributed by atoms with E-state index in [4.69, 9.17) is 5.73 Å². The molecular weight excluding hydrogens is 272 g/mol. The van der Waals surface area contributed by atoms with Crippen molar-refractivity contribution in [2.75, 3.05) is 6.54 Å². The number of hydrogen-bond acceptors (Lipinski definition) is 3. The van der Waals surface area contributed by atoms with Gasteiger partial charge in [0.05, 0.1) is 4.90 Å². The second-order valence-corrected chi connectivity index (χ2v) is 7.82. The second-order valence-electron chi connectivity index (χ2n) is 6.09. The molecule has 0 spiro atoms. The van der Waals surface area contributed by atoms with Gasteiger partial charge in [-0.3, -0.25) is 0 Å². The Morgan fingerprint density at radius 2 is 2.00 bits per heavy atom. The minimum absolute atomic E-state index is 0.159. The van der Waals surface area contributed by atoms with Crippen LogP contribution in [-0.2, 0) is 16.6 Å². The first kappa shape index (κ1) is 15.5. The van der Waals surface area contributed by atoms with Crippen LogP contribution in [0.15, 0.2) is 23.1 Å². The summed E-state index contributed by atoms with van der Waals surface area (Å²) in [5.41, 5.74) is 7.42. The average molecular weight is 296 g/mol. The van der Waals surface area contributed by atoms with Gasteiger partial charge in [-0.2, -0.15) is 0 Å². The lowest BCUT2D eigenvalue weighted by Gasteiger charge is -2.20. The van der Waals surface area contributed by atoms with E-state index in [0.717, 1.165) is 24.0 Å². The lowest BCUT2D eigenvalue weighted by molar-refractivity contribution is 0.357. The first-order valence-corrected chi connectivity index (χ1v) is 8.59. The summed E-state index contributed by atoms with van der Waals surface area (Å²) in [6, 6.07) is 5.26. The van der Waals surface area contributed by atoms with Crippen molar-refractivity contribution in [3.8, 4) is 0 Å². The predicted molar refractivity (Wildman–Crippen MR) is 80.8 cm³/mol. The lowest BCUT2D eigenvalue weighted by atomic mass is 9.93. The number of hydrogen-bond donors (Lipinski definition) is 2. The van der Waals surface area contributed by atoms with Crippen LogP contribution in [0.3, 0.4) is 0 Å². The van der Waals surface area contributed by atoms with Crippen molar-refractivity contribution in [1.29, 1.82) is 0 Å². The number of benzene rings is 1. The Balaban J connectivity index is 2.19. The standard InChI is InChI=1S/C15H24N2O2S/c1-11(2)15(7-8-15)10-17-20(18,19)14-6-4-5-13(9-16)12(14)3/h4-6,11,17H,7-10,16H2,1-3H3. The van der Waals surface area contributed by atoms with Crippen LogP contribution in [0.4, 0.5) is 0 Å². The fraction of sp³-hybridized carbons (Fsp3) is 0.600. The summed E-state index contributed by atoms with van der Waals surface area (Å²) in [4.78, 5) is 0.347. The second kappa shape index (κ2) is 5.47. The molecule has 1 aromatic carbocycles. The van der Waals surface area contributed by atoms with Crippen LogP contribution in [-0.4, -0.2) is 15.0 Å². The van der Waals surface area contributed by atoms with Gasteiger partial charge in [-0.05, 0) is 48.3 Å². The smallest absolute Gasteiger partial charge is 0.240 e. The van der Waals surface area contributed by atoms with Crippen molar-refractivity contribution in [1.82, 2.24) is 4.72 Å². The fourth-order valence-corrected chi connectivity index (χ4v) is 4.03. The van der Waals surface area contributed by atoms with Crippen LogP contribution in [0.25, 0.3) is 0 Å². The molecule has 1 aliphatic carbocycles. The molecule has 0 aliphatic heterocycles. The lowest BCUT2D eigenvalue weighted by Crippen LogP contribution is -2.33. The molecule has 0 unspecified atom stereocenters. The molecule has 0 atom stereocenters. The molecule has 0 amide bonds. The van der Waals surface area contributed by atoms with E-state index in [1.54, 1.807) is 12.1 Å². The summed E-state index contributed by atoms with van der Waals surface area (Å²) >= 11 is 0. The highest BCUT2D eigenvalue weighted by Crippen LogP contribution is 2.51. The van der Waals surface area contributed by atoms with Gasteiger partial charge in [-0.1, -0.05) is 26.0 Å². The summed E-state index contributed by atoms with van der Waals surface area (Å²) in [5, 5.41) is 0. The molecule has 1 aliphatic rings. The van der Waals surface area contributed by atoms with Gasteiger partial charge in [0.15, 0.2) is 0 Å². The summed E-state index contributed by atoms with van der Waals surface area (Å²) in [6.07, 6.45) is 2.21. The minimum Gasteiger partial charge on any atom is -0.326 e. The topological polar surface area (TPSA) is 72.2 Å². The van der Waals surface area contributed by atoms with E-state index in [-0.39, 0.29) is 5.41 Å². The number of nitrogens with two attached hydrogens (primary N) is 1. The SMILES string of the molecule is Cc1c(CN)cccc1S(=O)(=O)NCC1(C(C)C)CC1. The van der Waals surface area contributed by atoms with Crippen molar-refractivity contribution in [3.05, 3.63) is 29.3 Å². The van der Waals surface area contributed by atoms with E-state index >= 15 is 0 Å². The molecule has 1 saturated carbocycles. The molecule has 0 saturated heterocycles. The number of rotatable bonds is 6. The van der Waals surface area contributed by atoms with Crippen molar-refractivity contribution >= 4 is 10.0 Å². The van der Waals surface area contributed by atoms with E-state index in [0.29, 0.717) is 23.9 Å². The van der Waals surface area contributed by atoms with Gasteiger partial charge in [-0.25, -0.2) is 13.1 Å². The van der Waals surface area contributed by atoms with Crippen LogP contribution in [0.5, 0.6) is 0 Å². The van der Waals surface area contributed by atoms with Gasteiger partial charge in [0.2, 0.25) is 10.0 Å². The van der Waals surface area contributed by atoms with Crippen molar-refractivity contribution in [2.24, 2.45) is 17.1 Å². The van der Waals surface area contributed by atoms with Crippen LogP contribution in [0.2, 0.25) is 0 Å². The zero-order chi connectivity index (χ0) is 15.0. The summed E-state index contributed by atoms with van der Waals surface area (Å²) < 4.78 is 27.7. The van der Waals surface area contributed by atoms with E-state index in [2.05, 4.69) is 18.6 Å². The van der Waals surface area contributed by atoms with Crippen molar-refractivity contribution in [2.45, 2.75) is 45.1 Å². The third-order valence-corrected chi connectivity index (χ3v) is 6.18. The highest BCUT2D eigenvalue weighted by molar-refractivity contribution is 7.89. The Morgan fingerprint density at radius 1 is 1.35 bits per heavy atom. The zero-order valence-corrected chi connectivity index (χ0v) is 13.3. The highest BCUT2D eigenvalue weighted by Gasteiger charge is 2.45. The summed E-state index contributed by atoms with van der Waals surface area (Å²) in [5.74, 6) is 0.502. The van der Waals surface area contributed by atoms with Gasteiger partial charge in [0, 0.05) is 13.1 Å². The van der Waals surface area contributed by atoms with E-state index in [1.807, 2.05) is 13.0 Å². The van der Waals surface area contributed by atoms with Gasteiger partial charge in [-0.15, -0.1) is 0 Å². The van der Waals surface area contributed by atoms with Crippen molar-refractivity contribution in [3.63, 3.8) is 0 Å². The first-order chi connectivity index (χ1) is 9.32. The highest BCUT2D eigenvalue weighted by atomic mass is 32.2. The Labute approximate surface area is 121 Å². The van der Waals surface area contributed by atoms with E-state index in [9.17, 15) is 8.42 Å². The molecule has 1 fully saturated rings. The third-order valence-electron chi connectivity index (χ3n) is 4.64. The zero-order valence-electron chi connectivity index (χ0n) is 12.4. The maximum atomic E-state index is 12.5. The molecule has 2 rings (SSSR count). The molecule has 20 heavy (non-hydrogen) atoms. The van der Waals surface area contributed by atoms with Crippen molar-refractivity contribution < 1.29 is 8.42 Å². The van der Waals surface area contributed by atoms with Crippen LogP contribution in [0.1, 0.15) is 37.8 Å². The molecule has 0 bridgehead atoms. The van der Waals surface area contributed by atoms with Crippen LogP contribution >= 0.6 is 0 Å². The predicted octanol–water partition coefficient (Wildman–Crippen LogP) is 2.17.